The summed E-state index contributed by atoms with van der Waals surface area (Å²) in [6.45, 7) is 1.11. The van der Waals surface area contributed by atoms with Crippen LogP contribution in [0.5, 0.6) is 0 Å². The van der Waals surface area contributed by atoms with Crippen molar-refractivity contribution in [2.45, 2.75) is 0 Å². The van der Waals surface area contributed by atoms with E-state index in [0.29, 0.717) is 28.3 Å². The predicted molar refractivity (Wildman–Crippen MR) is 280 cm³/mol. The number of hydrogen-bond donors (Lipinski definition) is 5. The summed E-state index contributed by atoms with van der Waals surface area (Å²) in [6, 6.07) is 27.0. The van der Waals surface area contributed by atoms with Gasteiger partial charge in [0.25, 0.3) is 52.7 Å². The number of halogens is 3. The number of benzene rings is 6. The second-order valence-electron chi connectivity index (χ2n) is 16.5. The number of nitro groups is 2. The maximum atomic E-state index is 14.2. The second kappa shape index (κ2) is 23.4. The lowest BCUT2D eigenvalue weighted by Gasteiger charge is -2.28. The molecule has 5 N–H and O–H groups in total. The van der Waals surface area contributed by atoms with Gasteiger partial charge in [-0.1, -0.05) is 42.5 Å². The van der Waals surface area contributed by atoms with Crippen LogP contribution in [0.25, 0.3) is 32.4 Å². The van der Waals surface area contributed by atoms with E-state index in [-0.39, 0.29) is 145 Å². The Bertz CT molecular complexity index is 3470. The molecule has 24 heteroatoms. The summed E-state index contributed by atoms with van der Waals surface area (Å²) in [5.74, 6) is -4.60. The zero-order valence-electron chi connectivity index (χ0n) is 38.6. The van der Waals surface area contributed by atoms with Crippen LogP contribution >= 0.6 is 37.2 Å². The zero-order valence-corrected chi connectivity index (χ0v) is 41.0. The van der Waals surface area contributed by atoms with Crippen LogP contribution in [0.3, 0.4) is 0 Å². The van der Waals surface area contributed by atoms with E-state index in [0.717, 1.165) is 32.8 Å². The Hall–Kier alpha value is -8.47. The molecule has 9 rings (SSSR count). The van der Waals surface area contributed by atoms with Gasteiger partial charge in [0.2, 0.25) is 0 Å². The van der Waals surface area contributed by atoms with Crippen molar-refractivity contribution in [1.82, 2.24) is 36.5 Å². The normalized spacial score (nSPS) is 12.4. The molecule has 380 valence electrons. The van der Waals surface area contributed by atoms with Gasteiger partial charge in [-0.25, -0.2) is 4.90 Å². The van der Waals surface area contributed by atoms with Gasteiger partial charge in [-0.05, 0) is 53.2 Å². The van der Waals surface area contributed by atoms with Gasteiger partial charge in [0.05, 0.1) is 37.7 Å². The highest BCUT2D eigenvalue weighted by atomic mass is 35.5. The van der Waals surface area contributed by atoms with Gasteiger partial charge in [0.1, 0.15) is 0 Å². The highest BCUT2D eigenvalue weighted by Crippen LogP contribution is 2.37. The zero-order chi connectivity index (χ0) is 49.9. The number of nitrogens with one attached hydrogen (secondary N) is 5. The predicted octanol–water partition coefficient (Wildman–Crippen LogP) is 5.79. The molecule has 0 atom stereocenters. The Morgan fingerprint density at radius 3 is 1.50 bits per heavy atom. The molecule has 7 aromatic rings. The lowest BCUT2D eigenvalue weighted by molar-refractivity contribution is -0.384. The molecular formula is C50H43Cl3N10O11. The van der Waals surface area contributed by atoms with Crippen molar-refractivity contribution in [3.05, 3.63) is 175 Å². The average Bonchev–Trinajstić information content (AvgIpc) is 3.37. The summed E-state index contributed by atoms with van der Waals surface area (Å²) in [5, 5.41) is 40.0. The SMILES string of the molecule is Cl.Cl.Cl.O=C(NCCNCCNC(=O)c1cnc2ccccc2c1)c1cc(C(=O)NCCNCCN2C(=O)c3cccc4cc([N+](=O)[O-])cc(c34)C2=O)cc(N2C(=O)c3cccc4cc([N+](=O)[O-])cc(c34)C2=O)c1. The first kappa shape index (κ1) is 54.9. The van der Waals surface area contributed by atoms with Crippen LogP contribution in [0, 0.1) is 20.2 Å². The van der Waals surface area contributed by atoms with Gasteiger partial charge in [0.15, 0.2) is 0 Å². The largest absolute Gasteiger partial charge is 0.351 e. The van der Waals surface area contributed by atoms with Crippen LogP contribution in [0.15, 0.2) is 115 Å². The summed E-state index contributed by atoms with van der Waals surface area (Å²) in [7, 11) is 0. The molecule has 2 aliphatic rings. The van der Waals surface area contributed by atoms with E-state index in [1.165, 1.54) is 48.7 Å². The van der Waals surface area contributed by atoms with Crippen LogP contribution in [0.1, 0.15) is 72.5 Å². The van der Waals surface area contributed by atoms with Gasteiger partial charge in [-0.2, -0.15) is 0 Å². The topological polar surface area (TPSA) is 285 Å². The second-order valence-corrected chi connectivity index (χ2v) is 16.5. The van der Waals surface area contributed by atoms with E-state index >= 15 is 0 Å². The minimum atomic E-state index is -0.909. The molecule has 74 heavy (non-hydrogen) atoms. The third-order valence-corrected chi connectivity index (χ3v) is 12.0. The van der Waals surface area contributed by atoms with E-state index in [1.807, 2.05) is 24.3 Å². The van der Waals surface area contributed by atoms with E-state index in [1.54, 1.807) is 30.3 Å². The fraction of sp³-hybridized carbons (Fsp3) is 0.160. The van der Waals surface area contributed by atoms with Crippen LogP contribution in [0.2, 0.25) is 0 Å². The molecule has 6 aromatic carbocycles. The lowest BCUT2D eigenvalue weighted by atomic mass is 9.92. The summed E-state index contributed by atoms with van der Waals surface area (Å²) in [6.07, 6.45) is 1.50. The number of nitrogens with zero attached hydrogens (tertiary/aromatic N) is 5. The molecule has 7 amide bonds. The number of carbonyl (C=O) groups excluding carboxylic acids is 7. The van der Waals surface area contributed by atoms with E-state index in [2.05, 4.69) is 31.6 Å². The van der Waals surface area contributed by atoms with Gasteiger partial charge < -0.3 is 26.6 Å². The highest BCUT2D eigenvalue weighted by Gasteiger charge is 2.37. The molecule has 0 spiro atoms. The number of non-ortho nitro benzene ring substituents is 2. The summed E-state index contributed by atoms with van der Waals surface area (Å²) < 4.78 is 0. The van der Waals surface area contributed by atoms with E-state index in [9.17, 15) is 53.8 Å². The first-order valence-electron chi connectivity index (χ1n) is 22.2. The fourth-order valence-corrected chi connectivity index (χ4v) is 8.62. The van der Waals surface area contributed by atoms with Gasteiger partial charge >= 0.3 is 0 Å². The van der Waals surface area contributed by atoms with Gasteiger partial charge in [0, 0.05) is 121 Å². The fourth-order valence-electron chi connectivity index (χ4n) is 8.62. The molecule has 0 aliphatic carbocycles. The number of pyridine rings is 1. The Labute approximate surface area is 437 Å². The third kappa shape index (κ3) is 11.0. The number of anilines is 1. The minimum absolute atomic E-state index is 0. The maximum absolute atomic E-state index is 14.2. The first-order valence-corrected chi connectivity index (χ1v) is 22.2. The van der Waals surface area contributed by atoms with Crippen molar-refractivity contribution >= 4 is 128 Å². The lowest BCUT2D eigenvalue weighted by Crippen LogP contribution is -2.44. The molecular weight excluding hydrogens is 1020 g/mol. The Balaban J connectivity index is 0.00000297. The van der Waals surface area contributed by atoms with Crippen LogP contribution < -0.4 is 31.5 Å². The number of aromatic nitrogens is 1. The number of para-hydroxylation sites is 1. The van der Waals surface area contributed by atoms with E-state index in [4.69, 9.17) is 0 Å². The molecule has 21 nitrogen and oxygen atoms in total. The van der Waals surface area contributed by atoms with E-state index < -0.39 is 45.3 Å². The monoisotopic (exact) mass is 1060 g/mol. The molecule has 0 saturated heterocycles. The molecule has 0 saturated carbocycles. The van der Waals surface area contributed by atoms with Crippen LogP contribution in [-0.2, 0) is 0 Å². The molecule has 2 aliphatic heterocycles. The number of imide groups is 2. The average molecular weight is 1070 g/mol. The van der Waals surface area contributed by atoms with Crippen molar-refractivity contribution in [3.8, 4) is 0 Å². The molecule has 0 radical (unpaired) electrons. The standard InChI is InChI=1S/C50H40N10O11.3ClH/c61-44(53-14-11-51-12-15-55-46(63)33-19-28-5-1-2-10-41(28)56-27-33)31-20-32(24-34(23-31)58-49(66)38-9-4-7-30-22-36(60(70)71)26-40(43(30)38)50(58)67)45(62)54-16-13-52-17-18-57-47(64)37-8-3-6-29-21-35(59(68)69)25-39(42(29)37)48(57)65;;;/h1-10,19-27,51-52H,11-18H2,(H,53,61)(H,54,62)(H,55,63);3*1H. The van der Waals surface area contributed by atoms with Crippen molar-refractivity contribution in [1.29, 1.82) is 0 Å². The minimum Gasteiger partial charge on any atom is -0.351 e. The quantitative estimate of drug-likeness (QED) is 0.0295. The maximum Gasteiger partial charge on any atom is 0.270 e. The number of hydrogen-bond acceptors (Lipinski definition) is 14. The van der Waals surface area contributed by atoms with Crippen molar-refractivity contribution in [2.75, 3.05) is 57.3 Å². The van der Waals surface area contributed by atoms with Crippen molar-refractivity contribution in [2.24, 2.45) is 0 Å². The van der Waals surface area contributed by atoms with Crippen LogP contribution in [0.4, 0.5) is 17.1 Å². The van der Waals surface area contributed by atoms with Crippen LogP contribution in [-0.4, -0.2) is 113 Å². The number of rotatable bonds is 18. The van der Waals surface area contributed by atoms with Crippen molar-refractivity contribution < 1.29 is 43.4 Å². The number of amides is 7. The Kier molecular flexibility index (Phi) is 17.3. The first-order chi connectivity index (χ1) is 34.3. The molecule has 3 heterocycles. The summed E-state index contributed by atoms with van der Waals surface area (Å²) in [5.41, 5.74) is 0.364. The summed E-state index contributed by atoms with van der Waals surface area (Å²) in [4.78, 5) is 123. The molecule has 0 fully saturated rings. The molecule has 0 bridgehead atoms. The van der Waals surface area contributed by atoms with Gasteiger partial charge in [-0.15, -0.1) is 37.2 Å². The number of carbonyl (C=O) groups is 7. The molecule has 1 aromatic heterocycles. The Morgan fingerprint density at radius 2 is 0.946 bits per heavy atom. The number of fused-ring (bicyclic) bond motifs is 1. The number of nitro benzene ring substituents is 2. The summed E-state index contributed by atoms with van der Waals surface area (Å²) >= 11 is 0. The highest BCUT2D eigenvalue weighted by molar-refractivity contribution is 6.36. The third-order valence-electron chi connectivity index (χ3n) is 12.0. The van der Waals surface area contributed by atoms with Gasteiger partial charge in [-0.3, -0.25) is 63.7 Å². The molecule has 0 unspecified atom stereocenters. The smallest absolute Gasteiger partial charge is 0.270 e. The Morgan fingerprint density at radius 1 is 0.486 bits per heavy atom. The van der Waals surface area contributed by atoms with Crippen molar-refractivity contribution in [3.63, 3.8) is 0 Å².